The van der Waals surface area contributed by atoms with Gasteiger partial charge in [-0.15, -0.1) is 11.6 Å². The zero-order valence-corrected chi connectivity index (χ0v) is 16.2. The number of unbranched alkanes of at least 4 members (excludes halogenated alkanes) is 1. The Labute approximate surface area is 164 Å². The number of aliphatic carboxylic acids is 1. The lowest BCUT2D eigenvalue weighted by molar-refractivity contribution is -0.144. The zero-order valence-electron chi connectivity index (χ0n) is 14.7. The number of carboxylic acid groups (broad SMARTS) is 1. The van der Waals surface area contributed by atoms with Crippen LogP contribution in [0.25, 0.3) is 0 Å². The third-order valence-electron chi connectivity index (χ3n) is 4.25. The first-order valence-electron chi connectivity index (χ1n) is 8.73. The maximum absolute atomic E-state index is 11.5. The molecular weight excluding hydrogens is 378 g/mol. The molecule has 0 radical (unpaired) electrons. The Balaban J connectivity index is 2.30. The van der Waals surface area contributed by atoms with Crippen LogP contribution >= 0.6 is 23.2 Å². The number of benzene rings is 1. The normalized spacial score (nSPS) is 14.7. The lowest BCUT2D eigenvalue weighted by atomic mass is 9.81. The van der Waals surface area contributed by atoms with Crippen LogP contribution in [0.2, 0.25) is 11.3 Å². The summed E-state index contributed by atoms with van der Waals surface area (Å²) < 4.78 is 0. The van der Waals surface area contributed by atoms with Crippen LogP contribution in [-0.4, -0.2) is 45.8 Å². The lowest BCUT2D eigenvalue weighted by Gasteiger charge is -2.25. The van der Waals surface area contributed by atoms with Gasteiger partial charge < -0.3 is 26.2 Å². The number of nitrogens with two attached hydrogens (primary N) is 1. The Kier molecular flexibility index (Phi) is 10.5. The summed E-state index contributed by atoms with van der Waals surface area (Å²) in [5.41, 5.74) is 5.51. The number of hydrogen-bond acceptors (Lipinski definition) is 5. The van der Waals surface area contributed by atoms with Gasteiger partial charge in [-0.1, -0.05) is 36.6 Å². The molecule has 0 spiro atoms. The highest BCUT2D eigenvalue weighted by Gasteiger charge is 2.32. The zero-order chi connectivity index (χ0) is 19.6. The van der Waals surface area contributed by atoms with Crippen molar-refractivity contribution < 1.29 is 19.9 Å². The minimum absolute atomic E-state index is 0.218. The fraction of sp³-hybridized carbons (Fsp3) is 0.588. The van der Waals surface area contributed by atoms with Crippen molar-refractivity contribution in [3.05, 3.63) is 34.9 Å². The quantitative estimate of drug-likeness (QED) is 0.149. The van der Waals surface area contributed by atoms with Crippen LogP contribution in [-0.2, 0) is 11.2 Å². The van der Waals surface area contributed by atoms with E-state index in [9.17, 15) is 9.90 Å². The van der Waals surface area contributed by atoms with E-state index in [0.29, 0.717) is 50.1 Å². The summed E-state index contributed by atoms with van der Waals surface area (Å²) in [4.78, 5) is 11.5. The molecule has 0 aliphatic heterocycles. The molecule has 2 unspecified atom stereocenters. The second-order valence-corrected chi connectivity index (χ2v) is 7.51. The lowest BCUT2D eigenvalue weighted by Crippen LogP contribution is -2.48. The summed E-state index contributed by atoms with van der Waals surface area (Å²) in [6.45, 7) is 0.559. The van der Waals surface area contributed by atoms with Crippen molar-refractivity contribution in [3.8, 4) is 0 Å². The van der Waals surface area contributed by atoms with Crippen LogP contribution in [0, 0.1) is 0 Å². The first-order valence-corrected chi connectivity index (χ1v) is 9.55. The highest BCUT2D eigenvalue weighted by molar-refractivity contribution is 6.40. The molecule has 1 aromatic carbocycles. The van der Waals surface area contributed by atoms with E-state index in [0.717, 1.165) is 5.56 Å². The molecule has 6 nitrogen and oxygen atoms in total. The summed E-state index contributed by atoms with van der Waals surface area (Å²) in [5.74, 6) is -1.04. The van der Waals surface area contributed by atoms with Crippen molar-refractivity contribution in [3.63, 3.8) is 0 Å². The molecule has 0 saturated heterocycles. The average Bonchev–Trinajstić information content (AvgIpc) is 2.57. The van der Waals surface area contributed by atoms with Crippen molar-refractivity contribution in [1.82, 2.24) is 5.32 Å². The molecule has 1 aromatic rings. The van der Waals surface area contributed by atoms with E-state index in [1.165, 1.54) is 0 Å². The molecular formula is C17H27BCl2N2O4. The number of hydrogen-bond donors (Lipinski definition) is 5. The molecule has 0 fully saturated rings. The largest absolute Gasteiger partial charge is 0.480 e. The van der Waals surface area contributed by atoms with E-state index < -0.39 is 18.6 Å². The van der Waals surface area contributed by atoms with Crippen LogP contribution in [0.15, 0.2) is 24.3 Å². The van der Waals surface area contributed by atoms with Gasteiger partial charge in [-0.2, -0.15) is 0 Å². The van der Waals surface area contributed by atoms with Gasteiger partial charge >= 0.3 is 13.1 Å². The minimum atomic E-state index is -1.36. The first kappa shape index (κ1) is 23.2. The smallest absolute Gasteiger partial charge is 0.451 e. The standard InChI is InChI=1S/C17H27BCl2N2O4/c19-14-6-4-13(5-7-14)12-15(20)22-11-3-9-17(21,16(23)24)8-1-2-10-18(25)26/h4-7,15,22,25-26H,1-3,8-12,21H2,(H,23,24). The molecule has 1 rings (SSSR count). The predicted octanol–water partition coefficient (Wildman–Crippen LogP) is 2.24. The Hall–Kier alpha value is -0.825. The molecule has 0 heterocycles. The highest BCUT2D eigenvalue weighted by Crippen LogP contribution is 2.19. The Bertz CT molecular complexity index is 548. The molecule has 0 aliphatic carbocycles. The average molecular weight is 405 g/mol. The molecule has 0 saturated carbocycles. The van der Waals surface area contributed by atoms with E-state index in [1.807, 2.05) is 24.3 Å². The fourth-order valence-electron chi connectivity index (χ4n) is 2.67. The third-order valence-corrected chi connectivity index (χ3v) is 4.82. The Morgan fingerprint density at radius 1 is 1.19 bits per heavy atom. The second-order valence-electron chi connectivity index (χ2n) is 6.54. The monoisotopic (exact) mass is 404 g/mol. The van der Waals surface area contributed by atoms with E-state index in [4.69, 9.17) is 39.0 Å². The topological polar surface area (TPSA) is 116 Å². The van der Waals surface area contributed by atoms with Crippen molar-refractivity contribution in [2.45, 2.75) is 55.9 Å². The van der Waals surface area contributed by atoms with Gasteiger partial charge in [0.25, 0.3) is 0 Å². The molecule has 0 bridgehead atoms. The SMILES string of the molecule is NC(CCCCB(O)O)(CCCNC(Cl)Cc1ccc(Cl)cc1)C(=O)O. The number of carbonyl (C=O) groups is 1. The molecule has 146 valence electrons. The molecule has 26 heavy (non-hydrogen) atoms. The number of nitrogens with one attached hydrogen (secondary N) is 1. The highest BCUT2D eigenvalue weighted by atomic mass is 35.5. The number of rotatable bonds is 13. The third kappa shape index (κ3) is 9.21. The van der Waals surface area contributed by atoms with Gasteiger partial charge in [0.15, 0.2) is 0 Å². The van der Waals surface area contributed by atoms with E-state index in [-0.39, 0.29) is 11.8 Å². The maximum Gasteiger partial charge on any atom is 0.451 e. The van der Waals surface area contributed by atoms with Crippen molar-refractivity contribution in [1.29, 1.82) is 0 Å². The molecule has 0 aliphatic rings. The summed E-state index contributed by atoms with van der Waals surface area (Å²) in [6, 6.07) is 7.45. The van der Waals surface area contributed by atoms with Gasteiger partial charge in [-0.3, -0.25) is 4.79 Å². The fourth-order valence-corrected chi connectivity index (χ4v) is 3.08. The van der Waals surface area contributed by atoms with Gasteiger partial charge in [0, 0.05) is 11.4 Å². The van der Waals surface area contributed by atoms with E-state index in [1.54, 1.807) is 0 Å². The Morgan fingerprint density at radius 2 is 1.81 bits per heavy atom. The van der Waals surface area contributed by atoms with Gasteiger partial charge in [0.2, 0.25) is 0 Å². The number of carboxylic acids is 1. The molecule has 2 atom stereocenters. The second kappa shape index (κ2) is 11.8. The van der Waals surface area contributed by atoms with Crippen LogP contribution < -0.4 is 11.1 Å². The first-order chi connectivity index (χ1) is 12.2. The van der Waals surface area contributed by atoms with Crippen molar-refractivity contribution >= 4 is 36.3 Å². The maximum atomic E-state index is 11.5. The molecule has 9 heteroatoms. The molecule has 6 N–H and O–H groups in total. The molecule has 0 amide bonds. The summed E-state index contributed by atoms with van der Waals surface area (Å²) >= 11 is 12.1. The van der Waals surface area contributed by atoms with Crippen LogP contribution in [0.3, 0.4) is 0 Å². The summed E-state index contributed by atoms with van der Waals surface area (Å²) in [5, 5.41) is 30.9. The number of halogens is 2. The molecule has 0 aromatic heterocycles. The minimum Gasteiger partial charge on any atom is -0.480 e. The van der Waals surface area contributed by atoms with Gasteiger partial charge in [0.1, 0.15) is 5.54 Å². The van der Waals surface area contributed by atoms with Gasteiger partial charge in [0.05, 0.1) is 5.50 Å². The van der Waals surface area contributed by atoms with E-state index >= 15 is 0 Å². The van der Waals surface area contributed by atoms with Crippen LogP contribution in [0.1, 0.15) is 37.7 Å². The predicted molar refractivity (Wildman–Crippen MR) is 105 cm³/mol. The van der Waals surface area contributed by atoms with Crippen LogP contribution in [0.5, 0.6) is 0 Å². The van der Waals surface area contributed by atoms with Crippen molar-refractivity contribution in [2.24, 2.45) is 5.73 Å². The van der Waals surface area contributed by atoms with Gasteiger partial charge in [-0.25, -0.2) is 0 Å². The van der Waals surface area contributed by atoms with Crippen LogP contribution in [0.4, 0.5) is 0 Å². The van der Waals surface area contributed by atoms with E-state index in [2.05, 4.69) is 5.32 Å². The Morgan fingerprint density at radius 3 is 2.38 bits per heavy atom. The van der Waals surface area contributed by atoms with Gasteiger partial charge in [-0.05, 0) is 49.8 Å². The summed E-state index contributed by atoms with van der Waals surface area (Å²) in [7, 11) is -1.36. The number of alkyl halides is 1. The summed E-state index contributed by atoms with van der Waals surface area (Å²) in [6.07, 6.45) is 3.10. The van der Waals surface area contributed by atoms with Crippen molar-refractivity contribution in [2.75, 3.05) is 6.54 Å².